The summed E-state index contributed by atoms with van der Waals surface area (Å²) in [5, 5.41) is 2.25. The van der Waals surface area contributed by atoms with Crippen molar-refractivity contribution in [1.29, 1.82) is 0 Å². The summed E-state index contributed by atoms with van der Waals surface area (Å²) < 4.78 is 22.8. The normalized spacial score (nSPS) is 32.3. The maximum absolute atomic E-state index is 11.9. The molecule has 0 aliphatic carbocycles. The molecule has 0 aromatic rings. The molecule has 1 N–H and O–H groups in total. The zero-order chi connectivity index (χ0) is 14.0. The van der Waals surface area contributed by atoms with E-state index in [4.69, 9.17) is 11.6 Å². The number of alkyl halides is 1. The van der Waals surface area contributed by atoms with Crippen molar-refractivity contribution in [2.75, 3.05) is 31.1 Å². The minimum atomic E-state index is -3.09. The molecule has 2 aliphatic rings. The van der Waals surface area contributed by atoms with E-state index < -0.39 is 21.3 Å². The minimum Gasteiger partial charge on any atom is -0.350 e. The molecule has 2 aliphatic heterocycles. The van der Waals surface area contributed by atoms with Gasteiger partial charge in [-0.25, -0.2) is 8.42 Å². The summed E-state index contributed by atoms with van der Waals surface area (Å²) >= 11 is 5.96. The highest BCUT2D eigenvalue weighted by Gasteiger charge is 2.37. The van der Waals surface area contributed by atoms with Gasteiger partial charge in [0.15, 0.2) is 9.84 Å². The number of hydrogen-bond donors (Lipinski definition) is 1. The topological polar surface area (TPSA) is 66.5 Å². The molecule has 7 heteroatoms. The summed E-state index contributed by atoms with van der Waals surface area (Å²) in [6.07, 6.45) is 2.23. The number of carbonyl (C=O) groups is 1. The van der Waals surface area contributed by atoms with Gasteiger partial charge in [-0.05, 0) is 31.8 Å². The first-order chi connectivity index (χ1) is 8.85. The van der Waals surface area contributed by atoms with Gasteiger partial charge in [0.2, 0.25) is 5.91 Å². The maximum Gasteiger partial charge on any atom is 0.234 e. The van der Waals surface area contributed by atoms with Gasteiger partial charge in [0, 0.05) is 0 Å². The monoisotopic (exact) mass is 308 g/mol. The third-order valence-electron chi connectivity index (χ3n) is 3.87. The van der Waals surface area contributed by atoms with Crippen LogP contribution in [0.1, 0.15) is 19.8 Å². The van der Waals surface area contributed by atoms with E-state index in [1.807, 2.05) is 0 Å². The number of amides is 1. The number of piperidine rings is 1. The van der Waals surface area contributed by atoms with Crippen LogP contribution >= 0.6 is 11.6 Å². The Balaban J connectivity index is 1.79. The van der Waals surface area contributed by atoms with E-state index in [1.54, 1.807) is 0 Å². The molecule has 0 radical (unpaired) electrons. The van der Waals surface area contributed by atoms with Crippen LogP contribution in [0.3, 0.4) is 0 Å². The summed E-state index contributed by atoms with van der Waals surface area (Å²) in [7, 11) is -3.09. The van der Waals surface area contributed by atoms with Gasteiger partial charge in [-0.3, -0.25) is 9.69 Å². The van der Waals surface area contributed by atoms with Crippen molar-refractivity contribution in [3.8, 4) is 0 Å². The number of hydrogen-bond acceptors (Lipinski definition) is 4. The molecule has 2 rings (SSSR count). The number of halogens is 1. The molecule has 2 fully saturated rings. The molecular weight excluding hydrogens is 288 g/mol. The lowest BCUT2D eigenvalue weighted by atomic mass is 9.99. The van der Waals surface area contributed by atoms with Crippen LogP contribution < -0.4 is 5.32 Å². The van der Waals surface area contributed by atoms with Crippen molar-refractivity contribution in [2.24, 2.45) is 5.92 Å². The largest absolute Gasteiger partial charge is 0.350 e. The zero-order valence-corrected chi connectivity index (χ0v) is 12.7. The second kappa shape index (κ2) is 5.97. The van der Waals surface area contributed by atoms with Gasteiger partial charge in [-0.15, -0.1) is 11.6 Å². The fraction of sp³-hybridized carbons (Fsp3) is 0.917. The van der Waals surface area contributed by atoms with E-state index in [0.717, 1.165) is 31.8 Å². The minimum absolute atomic E-state index is 0.0378. The number of rotatable bonds is 3. The van der Waals surface area contributed by atoms with Gasteiger partial charge in [0.05, 0.1) is 29.5 Å². The lowest BCUT2D eigenvalue weighted by Crippen LogP contribution is -2.47. The number of carbonyl (C=O) groups excluding carboxylic acids is 1. The van der Waals surface area contributed by atoms with Gasteiger partial charge in [-0.2, -0.15) is 0 Å². The second-order valence-electron chi connectivity index (χ2n) is 5.73. The van der Waals surface area contributed by atoms with Crippen LogP contribution in [0.25, 0.3) is 0 Å². The Labute approximate surface area is 119 Å². The zero-order valence-electron chi connectivity index (χ0n) is 11.1. The molecule has 2 heterocycles. The van der Waals surface area contributed by atoms with Crippen LogP contribution in [0, 0.1) is 5.92 Å². The Morgan fingerprint density at radius 2 is 1.95 bits per heavy atom. The highest BCUT2D eigenvalue weighted by molar-refractivity contribution is 7.91. The van der Waals surface area contributed by atoms with Crippen LogP contribution in [-0.4, -0.2) is 61.8 Å². The molecule has 0 aromatic carbocycles. The van der Waals surface area contributed by atoms with Crippen molar-refractivity contribution in [3.63, 3.8) is 0 Å². The molecule has 1 amide bonds. The summed E-state index contributed by atoms with van der Waals surface area (Å²) in [4.78, 5) is 14.0. The first kappa shape index (κ1) is 15.1. The predicted octanol–water partition coefficient (Wildman–Crippen LogP) is 0.239. The van der Waals surface area contributed by atoms with E-state index in [2.05, 4.69) is 17.1 Å². The summed E-state index contributed by atoms with van der Waals surface area (Å²) in [6, 6.07) is -0.442. The third-order valence-corrected chi connectivity index (χ3v) is 6.25. The highest BCUT2D eigenvalue weighted by atomic mass is 35.5. The van der Waals surface area contributed by atoms with Crippen LogP contribution in [0.5, 0.6) is 0 Å². The molecule has 5 nitrogen and oxygen atoms in total. The quantitative estimate of drug-likeness (QED) is 0.759. The molecule has 2 saturated heterocycles. The summed E-state index contributed by atoms with van der Waals surface area (Å²) in [5.41, 5.74) is 0. The Kier molecular flexibility index (Phi) is 4.74. The maximum atomic E-state index is 11.9. The molecule has 0 spiro atoms. The lowest BCUT2D eigenvalue weighted by molar-refractivity contribution is -0.123. The standard InChI is InChI=1S/C12H21ClN2O3S/c1-9-2-4-15(5-3-9)6-12(16)14-11-8-19(17,18)7-10(11)13/h9-11H,2-8H2,1H3,(H,14,16)/t10-,11+/m1/s1. The fourth-order valence-corrected chi connectivity index (χ4v) is 5.16. The molecule has 19 heavy (non-hydrogen) atoms. The Morgan fingerprint density at radius 3 is 2.47 bits per heavy atom. The summed E-state index contributed by atoms with van der Waals surface area (Å²) in [5.74, 6) is 0.527. The SMILES string of the molecule is CC1CCN(CC(=O)N[C@H]2CS(=O)(=O)C[C@H]2Cl)CC1. The van der Waals surface area contributed by atoms with Crippen LogP contribution in [-0.2, 0) is 14.6 Å². The molecule has 0 aromatic heterocycles. The van der Waals surface area contributed by atoms with Gasteiger partial charge in [0.1, 0.15) is 0 Å². The number of likely N-dealkylation sites (tertiary alicyclic amines) is 1. The van der Waals surface area contributed by atoms with E-state index in [1.165, 1.54) is 0 Å². The molecule has 0 saturated carbocycles. The van der Waals surface area contributed by atoms with E-state index >= 15 is 0 Å². The Bertz CT molecular complexity index is 432. The van der Waals surface area contributed by atoms with Crippen molar-refractivity contribution < 1.29 is 13.2 Å². The Hall–Kier alpha value is -0.330. The van der Waals surface area contributed by atoms with Crippen molar-refractivity contribution >= 4 is 27.3 Å². The van der Waals surface area contributed by atoms with Gasteiger partial charge in [0.25, 0.3) is 0 Å². The average Bonchev–Trinajstić information content (AvgIpc) is 2.55. The van der Waals surface area contributed by atoms with Gasteiger partial charge >= 0.3 is 0 Å². The molecule has 110 valence electrons. The lowest BCUT2D eigenvalue weighted by Gasteiger charge is -2.30. The first-order valence-corrected chi connectivity index (χ1v) is 8.98. The molecule has 2 atom stereocenters. The molecule has 0 unspecified atom stereocenters. The molecule has 0 bridgehead atoms. The Morgan fingerprint density at radius 1 is 1.32 bits per heavy atom. The average molecular weight is 309 g/mol. The van der Waals surface area contributed by atoms with Gasteiger partial charge < -0.3 is 5.32 Å². The van der Waals surface area contributed by atoms with Crippen LogP contribution in [0.4, 0.5) is 0 Å². The smallest absolute Gasteiger partial charge is 0.234 e. The van der Waals surface area contributed by atoms with E-state index in [0.29, 0.717) is 6.54 Å². The fourth-order valence-electron chi connectivity index (χ4n) is 2.61. The van der Waals surface area contributed by atoms with Crippen molar-refractivity contribution in [2.45, 2.75) is 31.2 Å². The molecular formula is C12H21ClN2O3S. The number of nitrogens with zero attached hydrogens (tertiary/aromatic N) is 1. The second-order valence-corrected chi connectivity index (χ2v) is 8.44. The highest BCUT2D eigenvalue weighted by Crippen LogP contribution is 2.18. The van der Waals surface area contributed by atoms with Crippen LogP contribution in [0.15, 0.2) is 0 Å². The van der Waals surface area contributed by atoms with Crippen molar-refractivity contribution in [1.82, 2.24) is 10.2 Å². The van der Waals surface area contributed by atoms with E-state index in [-0.39, 0.29) is 17.4 Å². The third kappa shape index (κ3) is 4.33. The number of sulfone groups is 1. The van der Waals surface area contributed by atoms with Gasteiger partial charge in [-0.1, -0.05) is 6.92 Å². The van der Waals surface area contributed by atoms with Crippen LogP contribution in [0.2, 0.25) is 0 Å². The number of nitrogens with one attached hydrogen (secondary N) is 1. The predicted molar refractivity (Wildman–Crippen MR) is 75.1 cm³/mol. The van der Waals surface area contributed by atoms with E-state index in [9.17, 15) is 13.2 Å². The first-order valence-electron chi connectivity index (χ1n) is 6.72. The summed E-state index contributed by atoms with van der Waals surface area (Å²) in [6.45, 7) is 4.43. The van der Waals surface area contributed by atoms with Crippen molar-refractivity contribution in [3.05, 3.63) is 0 Å².